The highest BCUT2D eigenvalue weighted by molar-refractivity contribution is 5.92. The molecule has 3 rings (SSSR count). The average Bonchev–Trinajstić information content (AvgIpc) is 3.03. The Morgan fingerprint density at radius 1 is 1.16 bits per heavy atom. The summed E-state index contributed by atoms with van der Waals surface area (Å²) < 4.78 is 18.5. The fourth-order valence-electron chi connectivity index (χ4n) is 2.71. The third-order valence-corrected chi connectivity index (χ3v) is 4.03. The first-order valence-electron chi connectivity index (χ1n) is 8.08. The lowest BCUT2D eigenvalue weighted by Crippen LogP contribution is -2.39. The maximum Gasteiger partial charge on any atom is 0.271 e. The van der Waals surface area contributed by atoms with Gasteiger partial charge in [-0.25, -0.2) is 4.39 Å². The largest absolute Gasteiger partial charge is 0.484 e. The van der Waals surface area contributed by atoms with Crippen molar-refractivity contribution in [3.05, 3.63) is 48.0 Å². The molecular formula is C17H19FN4O3. The van der Waals surface area contributed by atoms with E-state index in [-0.39, 0.29) is 18.4 Å². The number of ether oxygens (including phenoxy) is 1. The number of H-pyrrole nitrogens is 1. The van der Waals surface area contributed by atoms with Gasteiger partial charge in [-0.3, -0.25) is 14.7 Å². The van der Waals surface area contributed by atoms with Crippen molar-refractivity contribution in [2.45, 2.75) is 6.42 Å². The van der Waals surface area contributed by atoms with E-state index >= 15 is 0 Å². The van der Waals surface area contributed by atoms with Crippen LogP contribution in [0.4, 0.5) is 4.39 Å². The number of aromatic nitrogens is 2. The second-order valence-corrected chi connectivity index (χ2v) is 5.74. The van der Waals surface area contributed by atoms with Gasteiger partial charge in [-0.1, -0.05) is 6.07 Å². The van der Waals surface area contributed by atoms with Gasteiger partial charge in [0, 0.05) is 38.4 Å². The molecule has 0 aliphatic carbocycles. The van der Waals surface area contributed by atoms with Crippen LogP contribution in [-0.4, -0.2) is 64.6 Å². The lowest BCUT2D eigenvalue weighted by molar-refractivity contribution is -0.133. The number of benzene rings is 1. The van der Waals surface area contributed by atoms with Crippen LogP contribution < -0.4 is 4.74 Å². The molecule has 0 radical (unpaired) electrons. The maximum absolute atomic E-state index is 13.1. The Bertz CT molecular complexity index is 735. The molecule has 1 aromatic carbocycles. The molecule has 0 saturated carbocycles. The lowest BCUT2D eigenvalue weighted by atomic mass is 10.3. The minimum atomic E-state index is -0.410. The number of aromatic amines is 1. The summed E-state index contributed by atoms with van der Waals surface area (Å²) in [6.07, 6.45) is 2.22. The Labute approximate surface area is 144 Å². The number of rotatable bonds is 4. The van der Waals surface area contributed by atoms with Crippen molar-refractivity contribution in [2.24, 2.45) is 0 Å². The molecule has 1 aromatic heterocycles. The zero-order chi connectivity index (χ0) is 17.6. The van der Waals surface area contributed by atoms with Crippen LogP contribution in [0.3, 0.4) is 0 Å². The fraction of sp³-hybridized carbons (Fsp3) is 0.353. The van der Waals surface area contributed by atoms with Gasteiger partial charge >= 0.3 is 0 Å². The predicted octanol–water partition coefficient (Wildman–Crippen LogP) is 1.30. The van der Waals surface area contributed by atoms with Crippen LogP contribution >= 0.6 is 0 Å². The number of nitrogens with one attached hydrogen (secondary N) is 1. The molecule has 132 valence electrons. The van der Waals surface area contributed by atoms with Crippen molar-refractivity contribution in [2.75, 3.05) is 32.8 Å². The molecule has 2 heterocycles. The van der Waals surface area contributed by atoms with Crippen molar-refractivity contribution < 1.29 is 18.7 Å². The van der Waals surface area contributed by atoms with E-state index in [4.69, 9.17) is 4.74 Å². The molecule has 0 spiro atoms. The van der Waals surface area contributed by atoms with Gasteiger partial charge in [0.05, 0.1) is 0 Å². The smallest absolute Gasteiger partial charge is 0.271 e. The van der Waals surface area contributed by atoms with Crippen molar-refractivity contribution in [1.29, 1.82) is 0 Å². The van der Waals surface area contributed by atoms with E-state index in [0.29, 0.717) is 44.0 Å². The topological polar surface area (TPSA) is 78.5 Å². The standard InChI is InChI=1S/C17H19FN4O3/c18-13-3-1-4-14(11-13)25-12-16(23)21-7-2-8-22(10-9-21)17(24)15-5-6-19-20-15/h1,3-6,11H,2,7-10,12H2,(H,19,20). The van der Waals surface area contributed by atoms with Gasteiger partial charge in [0.15, 0.2) is 6.61 Å². The zero-order valence-corrected chi connectivity index (χ0v) is 13.7. The lowest BCUT2D eigenvalue weighted by Gasteiger charge is -2.22. The van der Waals surface area contributed by atoms with Gasteiger partial charge in [0.1, 0.15) is 17.3 Å². The number of halogens is 1. The Morgan fingerprint density at radius 3 is 2.72 bits per heavy atom. The van der Waals surface area contributed by atoms with Crippen LogP contribution in [-0.2, 0) is 4.79 Å². The summed E-state index contributed by atoms with van der Waals surface area (Å²) in [4.78, 5) is 28.0. The molecule has 7 nitrogen and oxygen atoms in total. The van der Waals surface area contributed by atoms with E-state index in [2.05, 4.69) is 10.2 Å². The fourth-order valence-corrected chi connectivity index (χ4v) is 2.71. The van der Waals surface area contributed by atoms with Crippen molar-refractivity contribution in [3.8, 4) is 5.75 Å². The highest BCUT2D eigenvalue weighted by Crippen LogP contribution is 2.13. The number of amides is 2. The summed E-state index contributed by atoms with van der Waals surface area (Å²) in [7, 11) is 0. The number of nitrogens with zero attached hydrogens (tertiary/aromatic N) is 3. The van der Waals surface area contributed by atoms with E-state index in [0.717, 1.165) is 0 Å². The number of carbonyl (C=O) groups excluding carboxylic acids is 2. The zero-order valence-electron chi connectivity index (χ0n) is 13.7. The van der Waals surface area contributed by atoms with Crippen LogP contribution in [0.15, 0.2) is 36.5 Å². The normalized spacial score (nSPS) is 14.9. The van der Waals surface area contributed by atoms with E-state index in [1.807, 2.05) is 0 Å². The molecule has 0 unspecified atom stereocenters. The third-order valence-electron chi connectivity index (χ3n) is 4.03. The maximum atomic E-state index is 13.1. The molecule has 2 amide bonds. The molecule has 2 aromatic rings. The molecule has 1 N–H and O–H groups in total. The number of hydrogen-bond acceptors (Lipinski definition) is 4. The molecule has 1 aliphatic rings. The Morgan fingerprint density at radius 2 is 1.96 bits per heavy atom. The van der Waals surface area contributed by atoms with Crippen LogP contribution in [0.2, 0.25) is 0 Å². The highest BCUT2D eigenvalue weighted by atomic mass is 19.1. The molecule has 25 heavy (non-hydrogen) atoms. The summed E-state index contributed by atoms with van der Waals surface area (Å²) in [5, 5.41) is 6.44. The first-order chi connectivity index (χ1) is 12.1. The van der Waals surface area contributed by atoms with E-state index in [1.165, 1.54) is 24.4 Å². The minimum absolute atomic E-state index is 0.122. The number of hydrogen-bond donors (Lipinski definition) is 1. The van der Waals surface area contributed by atoms with Gasteiger partial charge in [-0.15, -0.1) is 0 Å². The van der Waals surface area contributed by atoms with Gasteiger partial charge < -0.3 is 14.5 Å². The first-order valence-corrected chi connectivity index (χ1v) is 8.08. The average molecular weight is 346 g/mol. The van der Waals surface area contributed by atoms with Gasteiger partial charge in [0.2, 0.25) is 0 Å². The van der Waals surface area contributed by atoms with E-state index < -0.39 is 5.82 Å². The SMILES string of the molecule is O=C(COc1cccc(F)c1)N1CCCN(C(=O)c2ccn[nH]2)CC1. The van der Waals surface area contributed by atoms with Gasteiger partial charge in [-0.05, 0) is 24.6 Å². The summed E-state index contributed by atoms with van der Waals surface area (Å²) in [6.45, 7) is 1.86. The molecular weight excluding hydrogens is 327 g/mol. The summed E-state index contributed by atoms with van der Waals surface area (Å²) in [5.74, 6) is -0.394. The van der Waals surface area contributed by atoms with Crippen LogP contribution in [0.5, 0.6) is 5.75 Å². The van der Waals surface area contributed by atoms with E-state index in [1.54, 1.807) is 21.9 Å². The molecule has 1 saturated heterocycles. The van der Waals surface area contributed by atoms with Crippen molar-refractivity contribution in [3.63, 3.8) is 0 Å². The first kappa shape index (κ1) is 16.9. The summed E-state index contributed by atoms with van der Waals surface area (Å²) in [6, 6.07) is 7.31. The predicted molar refractivity (Wildman–Crippen MR) is 87.6 cm³/mol. The van der Waals surface area contributed by atoms with Crippen LogP contribution in [0, 0.1) is 5.82 Å². The second-order valence-electron chi connectivity index (χ2n) is 5.74. The molecule has 8 heteroatoms. The van der Waals surface area contributed by atoms with Gasteiger partial charge in [0.25, 0.3) is 11.8 Å². The monoisotopic (exact) mass is 346 g/mol. The van der Waals surface area contributed by atoms with E-state index in [9.17, 15) is 14.0 Å². The minimum Gasteiger partial charge on any atom is -0.484 e. The van der Waals surface area contributed by atoms with Crippen LogP contribution in [0.1, 0.15) is 16.9 Å². The Kier molecular flexibility index (Phi) is 5.27. The second kappa shape index (κ2) is 7.78. The summed E-state index contributed by atoms with van der Waals surface area (Å²) >= 11 is 0. The third kappa shape index (κ3) is 4.34. The Balaban J connectivity index is 1.52. The highest BCUT2D eigenvalue weighted by Gasteiger charge is 2.23. The number of carbonyl (C=O) groups is 2. The Hall–Kier alpha value is -2.90. The molecule has 0 bridgehead atoms. The van der Waals surface area contributed by atoms with Crippen molar-refractivity contribution >= 4 is 11.8 Å². The van der Waals surface area contributed by atoms with Crippen LogP contribution in [0.25, 0.3) is 0 Å². The summed E-state index contributed by atoms with van der Waals surface area (Å²) in [5.41, 5.74) is 0.439. The molecule has 1 aliphatic heterocycles. The molecule has 1 fully saturated rings. The van der Waals surface area contributed by atoms with Gasteiger partial charge in [-0.2, -0.15) is 5.10 Å². The molecule has 0 atom stereocenters. The quantitative estimate of drug-likeness (QED) is 0.905. The van der Waals surface area contributed by atoms with Crippen molar-refractivity contribution in [1.82, 2.24) is 20.0 Å².